The smallest absolute Gasteiger partial charge is 0.358 e. The summed E-state index contributed by atoms with van der Waals surface area (Å²) in [6.07, 6.45) is 0. The van der Waals surface area contributed by atoms with Crippen LogP contribution in [-0.4, -0.2) is 32.7 Å². The van der Waals surface area contributed by atoms with E-state index in [1.165, 1.54) is 4.68 Å². The Morgan fingerprint density at radius 3 is 2.95 bits per heavy atom. The maximum absolute atomic E-state index is 11.1. The highest BCUT2D eigenvalue weighted by molar-refractivity contribution is 6.30. The fourth-order valence-corrected chi connectivity index (χ4v) is 1.80. The molecule has 0 amide bonds. The van der Waals surface area contributed by atoms with Gasteiger partial charge in [-0.3, -0.25) is 0 Å². The van der Waals surface area contributed by atoms with Crippen LogP contribution in [0.4, 0.5) is 0 Å². The average Bonchev–Trinajstić information content (AvgIpc) is 2.80. The predicted octanol–water partition coefficient (Wildman–Crippen LogP) is 2.16. The summed E-state index contributed by atoms with van der Waals surface area (Å²) in [5.41, 5.74) is 0.909. The van der Waals surface area contributed by atoms with Gasteiger partial charge in [0.2, 0.25) is 0 Å². The Bertz CT molecular complexity index is 598. The van der Waals surface area contributed by atoms with E-state index >= 15 is 0 Å². The number of benzene rings is 1. The van der Waals surface area contributed by atoms with Gasteiger partial charge < -0.3 is 9.84 Å². The van der Waals surface area contributed by atoms with Crippen molar-refractivity contribution < 1.29 is 14.6 Å². The summed E-state index contributed by atoms with van der Waals surface area (Å²) in [4.78, 5) is 11.1. The Kier molecular flexibility index (Phi) is 4.13. The van der Waals surface area contributed by atoms with E-state index in [2.05, 4.69) is 10.3 Å². The van der Waals surface area contributed by atoms with Gasteiger partial charge in [-0.1, -0.05) is 22.9 Å². The molecular formula is C12H12ClN3O3. The minimum atomic E-state index is -1.14. The van der Waals surface area contributed by atoms with E-state index in [4.69, 9.17) is 21.4 Å². The molecule has 0 bridgehead atoms. The number of nitrogens with zero attached hydrogens (tertiary/aromatic N) is 3. The topological polar surface area (TPSA) is 77.2 Å². The fraction of sp³-hybridized carbons (Fsp3) is 0.250. The third-order valence-corrected chi connectivity index (χ3v) is 2.70. The van der Waals surface area contributed by atoms with Crippen molar-refractivity contribution in [2.45, 2.75) is 13.5 Å². The number of carboxylic acid groups (broad SMARTS) is 1. The van der Waals surface area contributed by atoms with Gasteiger partial charge in [-0.2, -0.15) is 0 Å². The number of rotatable bonds is 5. The Labute approximate surface area is 114 Å². The molecule has 0 atom stereocenters. The minimum absolute atomic E-state index is 0.117. The van der Waals surface area contributed by atoms with E-state index in [-0.39, 0.29) is 12.3 Å². The molecule has 1 N–H and O–H groups in total. The van der Waals surface area contributed by atoms with Crippen molar-refractivity contribution in [1.29, 1.82) is 0 Å². The van der Waals surface area contributed by atoms with Crippen LogP contribution in [0.2, 0.25) is 5.02 Å². The molecule has 1 aromatic carbocycles. The van der Waals surface area contributed by atoms with E-state index in [9.17, 15) is 4.79 Å². The van der Waals surface area contributed by atoms with Crippen LogP contribution in [-0.2, 0) is 11.3 Å². The maximum atomic E-state index is 11.1. The van der Waals surface area contributed by atoms with E-state index in [0.717, 1.165) is 0 Å². The highest BCUT2D eigenvalue weighted by atomic mass is 35.5. The lowest BCUT2D eigenvalue weighted by molar-refractivity contribution is 0.0681. The Morgan fingerprint density at radius 2 is 2.32 bits per heavy atom. The molecule has 6 nitrogen and oxygen atoms in total. The highest BCUT2D eigenvalue weighted by Gasteiger charge is 2.19. The van der Waals surface area contributed by atoms with Crippen LogP contribution in [0.3, 0.4) is 0 Å². The molecule has 2 rings (SSSR count). The molecule has 0 spiro atoms. The average molecular weight is 282 g/mol. The first-order valence-corrected chi connectivity index (χ1v) is 6.02. The molecule has 1 aromatic heterocycles. The number of ether oxygens (including phenoxy) is 1. The molecule has 1 heterocycles. The lowest BCUT2D eigenvalue weighted by Crippen LogP contribution is -2.08. The van der Waals surface area contributed by atoms with Crippen molar-refractivity contribution in [2.24, 2.45) is 0 Å². The second-order valence-corrected chi connectivity index (χ2v) is 4.16. The molecular weight excluding hydrogens is 270 g/mol. The second kappa shape index (κ2) is 5.81. The van der Waals surface area contributed by atoms with Crippen LogP contribution in [0.25, 0.3) is 5.69 Å². The lowest BCUT2D eigenvalue weighted by Gasteiger charge is -2.07. The van der Waals surface area contributed by atoms with Gasteiger partial charge in [-0.15, -0.1) is 5.10 Å². The molecule has 0 saturated heterocycles. The van der Waals surface area contributed by atoms with Crippen LogP contribution in [0, 0.1) is 0 Å². The molecule has 7 heteroatoms. The van der Waals surface area contributed by atoms with Gasteiger partial charge in [0.1, 0.15) is 5.69 Å². The van der Waals surface area contributed by atoms with Crippen LogP contribution >= 0.6 is 11.6 Å². The summed E-state index contributed by atoms with van der Waals surface area (Å²) in [7, 11) is 0. The lowest BCUT2D eigenvalue weighted by atomic mass is 10.3. The van der Waals surface area contributed by atoms with Gasteiger partial charge in [-0.05, 0) is 25.1 Å². The first-order valence-electron chi connectivity index (χ1n) is 5.65. The van der Waals surface area contributed by atoms with Crippen molar-refractivity contribution in [1.82, 2.24) is 15.0 Å². The molecule has 100 valence electrons. The molecule has 0 saturated carbocycles. The number of aromatic carboxylic acids is 1. The Hall–Kier alpha value is -1.92. The van der Waals surface area contributed by atoms with Gasteiger partial charge in [-0.25, -0.2) is 9.48 Å². The normalized spacial score (nSPS) is 10.6. The molecule has 0 radical (unpaired) electrons. The van der Waals surface area contributed by atoms with Crippen LogP contribution in [0.15, 0.2) is 24.3 Å². The standard InChI is InChI=1S/C12H12ClN3O3/c1-2-19-7-10-11(12(17)18)14-15-16(10)9-5-3-4-8(13)6-9/h3-6H,2,7H2,1H3,(H,17,18). The van der Waals surface area contributed by atoms with Crippen molar-refractivity contribution in [2.75, 3.05) is 6.61 Å². The van der Waals surface area contributed by atoms with E-state index < -0.39 is 5.97 Å². The minimum Gasteiger partial charge on any atom is -0.476 e. The molecule has 0 aliphatic heterocycles. The van der Waals surface area contributed by atoms with Gasteiger partial charge in [0.05, 0.1) is 12.3 Å². The number of hydrogen-bond acceptors (Lipinski definition) is 4. The Morgan fingerprint density at radius 1 is 1.53 bits per heavy atom. The summed E-state index contributed by atoms with van der Waals surface area (Å²) in [6.45, 7) is 2.42. The Balaban J connectivity index is 2.47. The van der Waals surface area contributed by atoms with Crippen LogP contribution < -0.4 is 0 Å². The summed E-state index contributed by atoms with van der Waals surface area (Å²) < 4.78 is 6.69. The van der Waals surface area contributed by atoms with Crippen molar-refractivity contribution >= 4 is 17.6 Å². The highest BCUT2D eigenvalue weighted by Crippen LogP contribution is 2.18. The maximum Gasteiger partial charge on any atom is 0.358 e. The van der Waals surface area contributed by atoms with E-state index in [1.807, 2.05) is 6.92 Å². The summed E-state index contributed by atoms with van der Waals surface area (Å²) in [5, 5.41) is 17.1. The zero-order valence-electron chi connectivity index (χ0n) is 10.2. The quantitative estimate of drug-likeness (QED) is 0.909. The molecule has 0 aliphatic carbocycles. The third kappa shape index (κ3) is 2.91. The molecule has 0 unspecified atom stereocenters. The number of carbonyl (C=O) groups is 1. The zero-order chi connectivity index (χ0) is 13.8. The summed E-state index contributed by atoms with van der Waals surface area (Å²) in [6, 6.07) is 6.92. The molecule has 0 fully saturated rings. The molecule has 19 heavy (non-hydrogen) atoms. The first kappa shape index (κ1) is 13.5. The third-order valence-electron chi connectivity index (χ3n) is 2.46. The first-order chi connectivity index (χ1) is 9.13. The monoisotopic (exact) mass is 281 g/mol. The summed E-state index contributed by atoms with van der Waals surface area (Å²) >= 11 is 5.91. The van der Waals surface area contributed by atoms with Crippen LogP contribution in [0.5, 0.6) is 0 Å². The number of aromatic nitrogens is 3. The largest absolute Gasteiger partial charge is 0.476 e. The zero-order valence-corrected chi connectivity index (χ0v) is 11.0. The number of hydrogen-bond donors (Lipinski definition) is 1. The molecule has 2 aromatic rings. The van der Waals surface area contributed by atoms with Gasteiger partial charge in [0.15, 0.2) is 5.69 Å². The number of carboxylic acids is 1. The van der Waals surface area contributed by atoms with Crippen molar-refractivity contribution in [3.05, 3.63) is 40.7 Å². The SMILES string of the molecule is CCOCc1c(C(=O)O)nnn1-c1cccc(Cl)c1. The van der Waals surface area contributed by atoms with Gasteiger partial charge >= 0.3 is 5.97 Å². The van der Waals surface area contributed by atoms with E-state index in [0.29, 0.717) is 23.0 Å². The van der Waals surface area contributed by atoms with E-state index in [1.54, 1.807) is 24.3 Å². The summed E-state index contributed by atoms with van der Waals surface area (Å²) in [5.74, 6) is -1.14. The van der Waals surface area contributed by atoms with Crippen molar-refractivity contribution in [3.8, 4) is 5.69 Å². The fourth-order valence-electron chi connectivity index (χ4n) is 1.61. The second-order valence-electron chi connectivity index (χ2n) is 3.72. The van der Waals surface area contributed by atoms with Crippen LogP contribution in [0.1, 0.15) is 23.1 Å². The molecule has 0 aliphatic rings. The predicted molar refractivity (Wildman–Crippen MR) is 68.7 cm³/mol. The van der Waals surface area contributed by atoms with Gasteiger partial charge in [0.25, 0.3) is 0 Å². The van der Waals surface area contributed by atoms with Crippen molar-refractivity contribution in [3.63, 3.8) is 0 Å². The number of halogens is 1. The van der Waals surface area contributed by atoms with Gasteiger partial charge in [0, 0.05) is 11.6 Å².